The molecule has 0 heterocycles. The van der Waals surface area contributed by atoms with Crippen LogP contribution in [0.15, 0.2) is 24.3 Å². The summed E-state index contributed by atoms with van der Waals surface area (Å²) in [6.07, 6.45) is 0.227. The molecule has 0 aromatic heterocycles. The molecule has 0 atom stereocenters. The Bertz CT molecular complexity index is 472. The summed E-state index contributed by atoms with van der Waals surface area (Å²) in [7, 11) is 0. The van der Waals surface area contributed by atoms with Gasteiger partial charge in [-0.2, -0.15) is 0 Å². The third-order valence-electron chi connectivity index (χ3n) is 2.22. The van der Waals surface area contributed by atoms with E-state index in [2.05, 4.69) is 5.32 Å². The Morgan fingerprint density at radius 2 is 1.80 bits per heavy atom. The number of amides is 1. The van der Waals surface area contributed by atoms with Gasteiger partial charge in [0.2, 0.25) is 0 Å². The second-order valence-electron chi connectivity index (χ2n) is 3.85. The zero-order valence-corrected chi connectivity index (χ0v) is 11.5. The van der Waals surface area contributed by atoms with Gasteiger partial charge in [-0.1, -0.05) is 0 Å². The van der Waals surface area contributed by atoms with E-state index in [-0.39, 0.29) is 37.7 Å². The molecule has 1 rings (SSSR count). The van der Waals surface area contributed by atoms with Gasteiger partial charge in [0.1, 0.15) is 5.75 Å². The molecule has 1 amide bonds. The van der Waals surface area contributed by atoms with Crippen molar-refractivity contribution in [1.82, 2.24) is 5.32 Å². The normalized spacial score (nSPS) is 9.25. The summed E-state index contributed by atoms with van der Waals surface area (Å²) < 4.78 is 4.83. The molecule has 0 aliphatic carbocycles. The summed E-state index contributed by atoms with van der Waals surface area (Å²) in [5.41, 5.74) is 0.407. The summed E-state index contributed by atoms with van der Waals surface area (Å²) in [6.45, 7) is 1.55. The first-order valence-electron chi connectivity index (χ1n) is 5.75. The predicted molar refractivity (Wildman–Crippen MR) is 64.3 cm³/mol. The summed E-state index contributed by atoms with van der Waals surface area (Å²) in [5.74, 6) is -1.52. The molecule has 0 saturated heterocycles. The number of carbonyl (C=O) groups is 3. The van der Waals surface area contributed by atoms with E-state index in [1.807, 2.05) is 0 Å². The maximum absolute atomic E-state index is 11.6. The molecule has 1 aromatic carbocycles. The molecule has 0 saturated carbocycles. The predicted octanol–water partition coefficient (Wildman–Crippen LogP) is -3.12. The fourth-order valence-corrected chi connectivity index (χ4v) is 1.38. The first-order chi connectivity index (χ1) is 8.99. The van der Waals surface area contributed by atoms with E-state index in [1.165, 1.54) is 31.2 Å². The molecule has 1 N–H and O–H groups in total. The van der Waals surface area contributed by atoms with Gasteiger partial charge in [-0.15, -0.1) is 0 Å². The van der Waals surface area contributed by atoms with Gasteiger partial charge in [-0.25, -0.2) is 0 Å². The molecule has 0 fully saturated rings. The Morgan fingerprint density at radius 3 is 2.30 bits per heavy atom. The van der Waals surface area contributed by atoms with Crippen LogP contribution in [0.25, 0.3) is 0 Å². The smallest absolute Gasteiger partial charge is 0.550 e. The van der Waals surface area contributed by atoms with E-state index in [0.29, 0.717) is 17.7 Å². The van der Waals surface area contributed by atoms with Crippen molar-refractivity contribution in [3.63, 3.8) is 0 Å². The average Bonchev–Trinajstić information content (AvgIpc) is 2.34. The van der Waals surface area contributed by atoms with Crippen LogP contribution < -0.4 is 34.0 Å². The Balaban J connectivity index is 0.00000361. The van der Waals surface area contributed by atoms with Crippen LogP contribution in [0.4, 0.5) is 0 Å². The van der Waals surface area contributed by atoms with Gasteiger partial charge in [0.15, 0.2) is 0 Å². The zero-order valence-electron chi connectivity index (χ0n) is 11.5. The van der Waals surface area contributed by atoms with Gasteiger partial charge in [0.25, 0.3) is 5.91 Å². The van der Waals surface area contributed by atoms with Gasteiger partial charge >= 0.3 is 24.8 Å². The van der Waals surface area contributed by atoms with Gasteiger partial charge in [-0.3, -0.25) is 9.59 Å². The molecular weight excluding hydrogens is 257 g/mol. The van der Waals surface area contributed by atoms with Crippen LogP contribution in [0.5, 0.6) is 5.75 Å². The topological polar surface area (TPSA) is 95.5 Å². The number of hydrogen-bond donors (Lipinski definition) is 1. The van der Waals surface area contributed by atoms with Crippen molar-refractivity contribution in [1.29, 1.82) is 0 Å². The van der Waals surface area contributed by atoms with Gasteiger partial charge < -0.3 is 20.0 Å². The van der Waals surface area contributed by atoms with Crippen molar-refractivity contribution in [3.05, 3.63) is 29.8 Å². The largest absolute Gasteiger partial charge is 1.00 e. The second-order valence-corrected chi connectivity index (χ2v) is 3.85. The van der Waals surface area contributed by atoms with Crippen LogP contribution in [0.3, 0.4) is 0 Å². The fraction of sp³-hybridized carbons (Fsp3) is 0.308. The van der Waals surface area contributed by atoms with Crippen molar-refractivity contribution in [3.8, 4) is 5.75 Å². The van der Waals surface area contributed by atoms with Gasteiger partial charge in [0.05, 0.1) is 0 Å². The van der Waals surface area contributed by atoms with Crippen LogP contribution in [0.1, 0.15) is 30.1 Å². The summed E-state index contributed by atoms with van der Waals surface area (Å²) in [5, 5.41) is 12.8. The molecule has 102 valence electrons. The Kier molecular flexibility index (Phi) is 8.37. The molecule has 0 unspecified atom stereocenters. The Morgan fingerprint density at radius 1 is 1.20 bits per heavy atom. The zero-order chi connectivity index (χ0) is 14.3. The van der Waals surface area contributed by atoms with Crippen LogP contribution in [0, 0.1) is 0 Å². The van der Waals surface area contributed by atoms with Gasteiger partial charge in [0, 0.05) is 25.0 Å². The SMILES string of the molecule is CC(=O)Oc1ccc(C(=O)NCCCC(=O)[O-])cc1.[Li+]. The van der Waals surface area contributed by atoms with E-state index in [4.69, 9.17) is 4.74 Å². The van der Waals surface area contributed by atoms with E-state index >= 15 is 0 Å². The molecule has 0 aliphatic rings. The molecule has 0 spiro atoms. The quantitative estimate of drug-likeness (QED) is 0.255. The number of benzene rings is 1. The number of carboxylic acids is 1. The Labute approximate surface area is 128 Å². The third kappa shape index (κ3) is 6.97. The van der Waals surface area contributed by atoms with Crippen molar-refractivity contribution in [2.45, 2.75) is 19.8 Å². The van der Waals surface area contributed by atoms with Crippen LogP contribution in [-0.4, -0.2) is 24.4 Å². The number of ether oxygens (including phenoxy) is 1. The van der Waals surface area contributed by atoms with Crippen LogP contribution >= 0.6 is 0 Å². The van der Waals surface area contributed by atoms with Gasteiger partial charge in [-0.05, 0) is 37.1 Å². The minimum atomic E-state index is -1.14. The number of hydrogen-bond acceptors (Lipinski definition) is 5. The number of carbonyl (C=O) groups excluding carboxylic acids is 3. The maximum Gasteiger partial charge on any atom is 1.00 e. The van der Waals surface area contributed by atoms with E-state index in [0.717, 1.165) is 0 Å². The van der Waals surface area contributed by atoms with E-state index in [9.17, 15) is 19.5 Å². The van der Waals surface area contributed by atoms with Crippen molar-refractivity contribution >= 4 is 17.8 Å². The summed E-state index contributed by atoms with van der Waals surface area (Å²) in [4.78, 5) is 32.5. The number of nitrogens with one attached hydrogen (secondary N) is 1. The summed E-state index contributed by atoms with van der Waals surface area (Å²) >= 11 is 0. The molecule has 20 heavy (non-hydrogen) atoms. The number of carboxylic acid groups (broad SMARTS) is 1. The molecule has 6 nitrogen and oxygen atoms in total. The molecule has 1 aromatic rings. The first-order valence-corrected chi connectivity index (χ1v) is 5.75. The molecule has 0 radical (unpaired) electrons. The average molecular weight is 271 g/mol. The number of aliphatic carboxylic acids is 1. The second kappa shape index (κ2) is 9.18. The van der Waals surface area contributed by atoms with E-state index in [1.54, 1.807) is 0 Å². The Hall–Kier alpha value is -1.77. The molecular formula is C13H14LiNO5. The van der Waals surface area contributed by atoms with E-state index < -0.39 is 11.9 Å². The monoisotopic (exact) mass is 271 g/mol. The molecule has 0 bridgehead atoms. The number of rotatable bonds is 6. The van der Waals surface area contributed by atoms with Crippen LogP contribution in [0.2, 0.25) is 0 Å². The maximum atomic E-state index is 11.6. The van der Waals surface area contributed by atoms with Crippen molar-refractivity contribution < 1.29 is 43.1 Å². The van der Waals surface area contributed by atoms with Crippen molar-refractivity contribution in [2.75, 3.05) is 6.54 Å². The minimum Gasteiger partial charge on any atom is -0.550 e. The number of esters is 1. The van der Waals surface area contributed by atoms with Crippen molar-refractivity contribution in [2.24, 2.45) is 0 Å². The minimum absolute atomic E-state index is 0. The standard InChI is InChI=1S/C13H15NO5.Li/c1-9(15)19-11-6-4-10(5-7-11)13(18)14-8-2-3-12(16)17;/h4-7H,2-3,8H2,1H3,(H,14,18)(H,16,17);/q;+1/p-1. The molecule has 0 aliphatic heterocycles. The molecule has 7 heteroatoms. The van der Waals surface area contributed by atoms with Crippen LogP contribution in [-0.2, 0) is 9.59 Å². The fourth-order valence-electron chi connectivity index (χ4n) is 1.38. The summed E-state index contributed by atoms with van der Waals surface area (Å²) in [6, 6.07) is 6.06. The first kappa shape index (κ1) is 18.2. The third-order valence-corrected chi connectivity index (χ3v) is 2.22.